The second-order valence-corrected chi connectivity index (χ2v) is 6.54. The maximum atomic E-state index is 12.3. The molecule has 3 rings (SSSR count). The molecule has 1 aliphatic rings. The molecule has 0 saturated carbocycles. The van der Waals surface area contributed by atoms with E-state index in [0.29, 0.717) is 28.6 Å². The van der Waals surface area contributed by atoms with Crippen molar-refractivity contribution < 1.29 is 9.53 Å². The van der Waals surface area contributed by atoms with Crippen molar-refractivity contribution in [3.05, 3.63) is 53.3 Å². The van der Waals surface area contributed by atoms with Gasteiger partial charge in [-0.2, -0.15) is 0 Å². The minimum Gasteiger partial charge on any atom is -0.456 e. The standard InChI is InChI=1S/C19H23ClN4O2/c20-17-14-15(2-3-18(17)26-16-4-7-21-8-5-16)19(25)23-6-1-11-24-12-9-22-10-13-24/h2-5,7-8,14,22H,1,6,9-13H2,(H,23,25). The number of pyridine rings is 1. The van der Waals surface area contributed by atoms with E-state index in [4.69, 9.17) is 16.3 Å². The van der Waals surface area contributed by atoms with E-state index in [1.54, 1.807) is 42.7 Å². The smallest absolute Gasteiger partial charge is 0.251 e. The Bertz CT molecular complexity index is 721. The van der Waals surface area contributed by atoms with Gasteiger partial charge in [-0.1, -0.05) is 11.6 Å². The van der Waals surface area contributed by atoms with Crippen molar-refractivity contribution in [1.29, 1.82) is 0 Å². The minimum absolute atomic E-state index is 0.123. The van der Waals surface area contributed by atoms with Gasteiger partial charge in [0.1, 0.15) is 11.5 Å². The normalized spacial score (nSPS) is 14.8. The highest BCUT2D eigenvalue weighted by atomic mass is 35.5. The largest absolute Gasteiger partial charge is 0.456 e. The number of amides is 1. The van der Waals surface area contributed by atoms with Gasteiger partial charge in [-0.25, -0.2) is 0 Å². The number of carbonyl (C=O) groups is 1. The van der Waals surface area contributed by atoms with Crippen LogP contribution in [0.15, 0.2) is 42.7 Å². The molecule has 138 valence electrons. The maximum absolute atomic E-state index is 12.3. The van der Waals surface area contributed by atoms with E-state index in [2.05, 4.69) is 20.5 Å². The molecular weight excluding hydrogens is 352 g/mol. The van der Waals surface area contributed by atoms with Crippen LogP contribution >= 0.6 is 11.6 Å². The van der Waals surface area contributed by atoms with Gasteiger partial charge < -0.3 is 20.3 Å². The number of nitrogens with zero attached hydrogens (tertiary/aromatic N) is 2. The van der Waals surface area contributed by atoms with Crippen LogP contribution < -0.4 is 15.4 Å². The Kier molecular flexibility index (Phi) is 6.82. The molecule has 2 heterocycles. The van der Waals surface area contributed by atoms with Crippen LogP contribution in [0.5, 0.6) is 11.5 Å². The molecule has 1 aromatic heterocycles. The van der Waals surface area contributed by atoms with E-state index >= 15 is 0 Å². The maximum Gasteiger partial charge on any atom is 0.251 e. The van der Waals surface area contributed by atoms with Crippen LogP contribution in [0, 0.1) is 0 Å². The lowest BCUT2D eigenvalue weighted by Gasteiger charge is -2.27. The molecular formula is C19H23ClN4O2. The summed E-state index contributed by atoms with van der Waals surface area (Å²) in [6.45, 7) is 5.87. The molecule has 6 nitrogen and oxygen atoms in total. The second kappa shape index (κ2) is 9.52. The number of aromatic nitrogens is 1. The molecule has 0 unspecified atom stereocenters. The Morgan fingerprint density at radius 3 is 2.73 bits per heavy atom. The van der Waals surface area contributed by atoms with Crippen LogP contribution in [0.3, 0.4) is 0 Å². The van der Waals surface area contributed by atoms with Crippen molar-refractivity contribution in [2.45, 2.75) is 6.42 Å². The van der Waals surface area contributed by atoms with Crippen molar-refractivity contribution >= 4 is 17.5 Å². The number of hydrogen-bond acceptors (Lipinski definition) is 5. The molecule has 26 heavy (non-hydrogen) atoms. The third-order valence-electron chi connectivity index (χ3n) is 4.22. The first-order valence-electron chi connectivity index (χ1n) is 8.81. The number of nitrogens with one attached hydrogen (secondary N) is 2. The Morgan fingerprint density at radius 1 is 1.23 bits per heavy atom. The third kappa shape index (κ3) is 5.42. The molecule has 1 aliphatic heterocycles. The summed E-state index contributed by atoms with van der Waals surface area (Å²) < 4.78 is 5.70. The molecule has 7 heteroatoms. The van der Waals surface area contributed by atoms with Crippen LogP contribution in [0.25, 0.3) is 0 Å². The topological polar surface area (TPSA) is 66.5 Å². The Labute approximate surface area is 158 Å². The zero-order valence-electron chi connectivity index (χ0n) is 14.6. The third-order valence-corrected chi connectivity index (χ3v) is 4.51. The summed E-state index contributed by atoms with van der Waals surface area (Å²) in [5.41, 5.74) is 0.527. The quantitative estimate of drug-likeness (QED) is 0.729. The SMILES string of the molecule is O=C(NCCCN1CCNCC1)c1ccc(Oc2ccncc2)c(Cl)c1. The van der Waals surface area contributed by atoms with Gasteiger partial charge in [0.2, 0.25) is 0 Å². The molecule has 0 radical (unpaired) electrons. The molecule has 0 aliphatic carbocycles. The first-order chi connectivity index (χ1) is 12.7. The minimum atomic E-state index is -0.123. The van der Waals surface area contributed by atoms with Crippen LogP contribution in [-0.2, 0) is 0 Å². The predicted octanol–water partition coefficient (Wildman–Crippen LogP) is 2.55. The molecule has 0 spiro atoms. The van der Waals surface area contributed by atoms with E-state index in [9.17, 15) is 4.79 Å². The number of carbonyl (C=O) groups excluding carboxylic acids is 1. The van der Waals surface area contributed by atoms with E-state index < -0.39 is 0 Å². The average molecular weight is 375 g/mol. The summed E-state index contributed by atoms with van der Waals surface area (Å²) >= 11 is 6.25. The summed E-state index contributed by atoms with van der Waals surface area (Å²) in [5.74, 6) is 1.03. The fourth-order valence-corrected chi connectivity index (χ4v) is 3.02. The van der Waals surface area contributed by atoms with Crippen molar-refractivity contribution in [3.8, 4) is 11.5 Å². The second-order valence-electron chi connectivity index (χ2n) is 6.13. The van der Waals surface area contributed by atoms with Crippen LogP contribution in [0.1, 0.15) is 16.8 Å². The van der Waals surface area contributed by atoms with Gasteiger partial charge >= 0.3 is 0 Å². The number of ether oxygens (including phenoxy) is 1. The molecule has 2 N–H and O–H groups in total. The lowest BCUT2D eigenvalue weighted by molar-refractivity contribution is 0.0951. The van der Waals surface area contributed by atoms with Crippen molar-refractivity contribution in [2.75, 3.05) is 39.3 Å². The van der Waals surface area contributed by atoms with Gasteiger partial charge in [-0.05, 0) is 43.3 Å². The van der Waals surface area contributed by atoms with Gasteiger partial charge in [0.25, 0.3) is 5.91 Å². The molecule has 1 aromatic carbocycles. The molecule has 0 atom stereocenters. The first-order valence-corrected chi connectivity index (χ1v) is 9.19. The van der Waals surface area contributed by atoms with Crippen LogP contribution in [0.2, 0.25) is 5.02 Å². The predicted molar refractivity (Wildman–Crippen MR) is 102 cm³/mol. The van der Waals surface area contributed by atoms with Crippen molar-refractivity contribution in [2.24, 2.45) is 0 Å². The van der Waals surface area contributed by atoms with Crippen LogP contribution in [-0.4, -0.2) is 55.1 Å². The molecule has 1 amide bonds. The van der Waals surface area contributed by atoms with Crippen molar-refractivity contribution in [1.82, 2.24) is 20.5 Å². The summed E-state index contributed by atoms with van der Waals surface area (Å²) in [7, 11) is 0. The highest BCUT2D eigenvalue weighted by Gasteiger charge is 2.11. The highest BCUT2D eigenvalue weighted by Crippen LogP contribution is 2.29. The van der Waals surface area contributed by atoms with Crippen molar-refractivity contribution in [3.63, 3.8) is 0 Å². The highest BCUT2D eigenvalue weighted by molar-refractivity contribution is 6.32. The Morgan fingerprint density at radius 2 is 2.00 bits per heavy atom. The monoisotopic (exact) mass is 374 g/mol. The summed E-state index contributed by atoms with van der Waals surface area (Å²) in [5, 5.41) is 6.68. The number of hydrogen-bond donors (Lipinski definition) is 2. The lowest BCUT2D eigenvalue weighted by Crippen LogP contribution is -2.44. The van der Waals surface area contributed by atoms with E-state index in [1.807, 2.05) is 0 Å². The zero-order chi connectivity index (χ0) is 18.2. The summed E-state index contributed by atoms with van der Waals surface area (Å²) in [6, 6.07) is 8.54. The van der Waals surface area contributed by atoms with Gasteiger partial charge in [0.15, 0.2) is 0 Å². The number of halogens is 1. The average Bonchev–Trinajstić information content (AvgIpc) is 2.68. The molecule has 2 aromatic rings. The van der Waals surface area contributed by atoms with E-state index in [1.165, 1.54) is 0 Å². The van der Waals surface area contributed by atoms with Gasteiger partial charge in [-0.3, -0.25) is 9.78 Å². The fraction of sp³-hybridized carbons (Fsp3) is 0.368. The Balaban J connectivity index is 1.47. The zero-order valence-corrected chi connectivity index (χ0v) is 15.3. The molecule has 0 bridgehead atoms. The summed E-state index contributed by atoms with van der Waals surface area (Å²) in [4.78, 5) is 18.6. The fourth-order valence-electron chi connectivity index (χ4n) is 2.80. The number of benzene rings is 1. The summed E-state index contributed by atoms with van der Waals surface area (Å²) in [6.07, 6.45) is 4.22. The molecule has 1 fully saturated rings. The van der Waals surface area contributed by atoms with Gasteiger partial charge in [-0.15, -0.1) is 0 Å². The first kappa shape index (κ1) is 18.6. The Hall–Kier alpha value is -2.15. The number of rotatable bonds is 7. The van der Waals surface area contributed by atoms with Gasteiger partial charge in [0, 0.05) is 50.7 Å². The number of piperazine rings is 1. The van der Waals surface area contributed by atoms with E-state index in [-0.39, 0.29) is 5.91 Å². The molecule has 1 saturated heterocycles. The van der Waals surface area contributed by atoms with Gasteiger partial charge in [0.05, 0.1) is 5.02 Å². The lowest BCUT2D eigenvalue weighted by atomic mass is 10.2. The van der Waals surface area contributed by atoms with Crippen LogP contribution in [0.4, 0.5) is 0 Å². The van der Waals surface area contributed by atoms with E-state index in [0.717, 1.165) is 39.1 Å².